The number of benzene rings is 5. The van der Waals surface area contributed by atoms with Gasteiger partial charge in [0.25, 0.3) is 0 Å². The second-order valence-electron chi connectivity index (χ2n) is 7.29. The van der Waals surface area contributed by atoms with Crippen LogP contribution in [0.15, 0.2) is 143 Å². The van der Waals surface area contributed by atoms with Crippen molar-refractivity contribution < 1.29 is 0 Å². The molecule has 0 aliphatic rings. The van der Waals surface area contributed by atoms with Gasteiger partial charge in [-0.2, -0.15) is 36.4 Å². The van der Waals surface area contributed by atoms with E-state index >= 15 is 0 Å². The Labute approximate surface area is 239 Å². The van der Waals surface area contributed by atoms with Crippen LogP contribution in [0.4, 0.5) is 0 Å². The van der Waals surface area contributed by atoms with E-state index in [2.05, 4.69) is 97.1 Å². The van der Waals surface area contributed by atoms with Gasteiger partial charge in [-0.05, 0) is 29.7 Å². The molecule has 0 nitrogen and oxygen atoms in total. The molecule has 0 aliphatic carbocycles. The predicted octanol–water partition coefficient (Wildman–Crippen LogP) is 8.00. The molecule has 0 aliphatic heterocycles. The van der Waals surface area contributed by atoms with Gasteiger partial charge in [0.15, 0.2) is 0 Å². The molecule has 33 heavy (non-hydrogen) atoms. The van der Waals surface area contributed by atoms with Crippen molar-refractivity contribution in [3.05, 3.63) is 157 Å². The van der Waals surface area contributed by atoms with Crippen molar-refractivity contribution in [3.63, 3.8) is 0 Å². The Morgan fingerprint density at radius 1 is 0.515 bits per heavy atom. The van der Waals surface area contributed by atoms with E-state index in [1.54, 1.807) is 11.8 Å². The summed E-state index contributed by atoms with van der Waals surface area (Å²) in [5.41, 5.74) is 5.03. The molecule has 0 N–H and O–H groups in total. The fourth-order valence-electron chi connectivity index (χ4n) is 3.26. The SMILES string of the molecule is [Sr+2].[c-]1ccccc1.[c-]1ccccc1-c1ccc(Sc2ccc(Cc3ccccc3)cc2)cc1. The number of hydrogen-bond donors (Lipinski definition) is 0. The molecule has 0 atom stereocenters. The average Bonchev–Trinajstić information content (AvgIpc) is 2.88. The predicted molar refractivity (Wildman–Crippen MR) is 142 cm³/mol. The molecular weight excluding hydrogens is 492 g/mol. The van der Waals surface area contributed by atoms with Crippen molar-refractivity contribution in [2.24, 2.45) is 0 Å². The molecule has 156 valence electrons. The normalized spacial score (nSPS) is 9.82. The summed E-state index contributed by atoms with van der Waals surface area (Å²) in [5.74, 6) is 0. The summed E-state index contributed by atoms with van der Waals surface area (Å²) >= 11 is 1.80. The van der Waals surface area contributed by atoms with Crippen molar-refractivity contribution in [3.8, 4) is 11.1 Å². The molecule has 5 aromatic carbocycles. The molecule has 0 bridgehead atoms. The molecule has 0 saturated carbocycles. The van der Waals surface area contributed by atoms with Crippen LogP contribution in [0, 0.1) is 12.1 Å². The topological polar surface area (TPSA) is 0 Å². The van der Waals surface area contributed by atoms with E-state index in [0.717, 1.165) is 12.0 Å². The minimum absolute atomic E-state index is 0. The minimum Gasteiger partial charge on any atom is -0.184 e. The summed E-state index contributed by atoms with van der Waals surface area (Å²) in [5, 5.41) is 0. The fourth-order valence-corrected chi connectivity index (χ4v) is 4.08. The summed E-state index contributed by atoms with van der Waals surface area (Å²) in [7, 11) is 0. The van der Waals surface area contributed by atoms with E-state index in [4.69, 9.17) is 0 Å². The Bertz CT molecular complexity index is 1140. The average molecular weight is 516 g/mol. The number of rotatable bonds is 5. The second kappa shape index (κ2) is 14.2. The quantitative estimate of drug-likeness (QED) is 0.169. The summed E-state index contributed by atoms with van der Waals surface area (Å²) in [6, 6.07) is 52.0. The first kappa shape index (κ1) is 25.6. The monoisotopic (exact) mass is 516 g/mol. The molecule has 5 aromatic rings. The van der Waals surface area contributed by atoms with Crippen LogP contribution in [0.5, 0.6) is 0 Å². The Kier molecular flexibility index (Phi) is 11.0. The summed E-state index contributed by atoms with van der Waals surface area (Å²) in [6.45, 7) is 0. The summed E-state index contributed by atoms with van der Waals surface area (Å²) < 4.78 is 0. The van der Waals surface area contributed by atoms with Gasteiger partial charge < -0.3 is 0 Å². The van der Waals surface area contributed by atoms with Crippen LogP contribution in [0.1, 0.15) is 11.1 Å². The molecule has 2 heteroatoms. The van der Waals surface area contributed by atoms with Crippen LogP contribution >= 0.6 is 11.8 Å². The maximum Gasteiger partial charge on any atom is 2.00 e. The van der Waals surface area contributed by atoms with E-state index in [1.165, 1.54) is 26.5 Å². The van der Waals surface area contributed by atoms with Crippen LogP contribution in [-0.2, 0) is 6.42 Å². The van der Waals surface area contributed by atoms with E-state index in [9.17, 15) is 0 Å². The van der Waals surface area contributed by atoms with Gasteiger partial charge in [0.05, 0.1) is 0 Å². The maximum absolute atomic E-state index is 3.27. The molecule has 0 unspecified atom stereocenters. The zero-order valence-corrected chi connectivity index (χ0v) is 22.8. The van der Waals surface area contributed by atoms with Crippen molar-refractivity contribution >= 4 is 57.2 Å². The Morgan fingerprint density at radius 2 is 1.06 bits per heavy atom. The van der Waals surface area contributed by atoms with Gasteiger partial charge in [0, 0.05) is 9.79 Å². The van der Waals surface area contributed by atoms with Crippen molar-refractivity contribution in [2.45, 2.75) is 16.2 Å². The van der Waals surface area contributed by atoms with Crippen molar-refractivity contribution in [1.82, 2.24) is 0 Å². The molecule has 0 radical (unpaired) electrons. The van der Waals surface area contributed by atoms with Crippen LogP contribution in [0.25, 0.3) is 11.1 Å². The van der Waals surface area contributed by atoms with E-state index in [1.807, 2.05) is 48.5 Å². The zero-order valence-electron chi connectivity index (χ0n) is 18.5. The largest absolute Gasteiger partial charge is 2.00 e. The Balaban J connectivity index is 0.000000382. The fraction of sp³-hybridized carbons (Fsp3) is 0.0323. The molecular formula is C31H24SSr. The second-order valence-corrected chi connectivity index (χ2v) is 8.43. The van der Waals surface area contributed by atoms with E-state index < -0.39 is 0 Å². The van der Waals surface area contributed by atoms with Gasteiger partial charge in [-0.3, -0.25) is 0 Å². The van der Waals surface area contributed by atoms with Gasteiger partial charge >= 0.3 is 45.5 Å². The van der Waals surface area contributed by atoms with Crippen LogP contribution < -0.4 is 0 Å². The summed E-state index contributed by atoms with van der Waals surface area (Å²) in [6.07, 6.45) is 0.980. The molecule has 0 amide bonds. The molecule has 0 spiro atoms. The van der Waals surface area contributed by atoms with Gasteiger partial charge in [0.1, 0.15) is 0 Å². The van der Waals surface area contributed by atoms with Crippen molar-refractivity contribution in [2.75, 3.05) is 0 Å². The third-order valence-electron chi connectivity index (χ3n) is 4.89. The Hall–Kier alpha value is -2.07. The third-order valence-corrected chi connectivity index (χ3v) is 5.91. The van der Waals surface area contributed by atoms with Gasteiger partial charge in [0.2, 0.25) is 0 Å². The molecule has 0 aromatic heterocycles. The van der Waals surface area contributed by atoms with E-state index in [0.29, 0.717) is 0 Å². The van der Waals surface area contributed by atoms with Gasteiger partial charge in [-0.15, -0.1) is 35.9 Å². The van der Waals surface area contributed by atoms with Gasteiger partial charge in [-0.25, -0.2) is 0 Å². The first-order valence-corrected chi connectivity index (χ1v) is 11.5. The first-order chi connectivity index (χ1) is 15.9. The standard InChI is InChI=1S/C25H19S.C6H5.Sr/c1-3-7-20(8-4-1)19-21-11-15-24(16-12-21)26-25-17-13-23(14-18-25)22-9-5-2-6-10-22;1-2-4-6-5-3-1;/h1-9,11-18H,19H2;1-5H;/q2*-1;+2. The molecule has 0 saturated heterocycles. The maximum atomic E-state index is 3.27. The molecule has 0 heterocycles. The van der Waals surface area contributed by atoms with Crippen molar-refractivity contribution in [1.29, 1.82) is 0 Å². The summed E-state index contributed by atoms with van der Waals surface area (Å²) in [4.78, 5) is 2.52. The molecule has 5 rings (SSSR count). The van der Waals surface area contributed by atoms with Crippen LogP contribution in [-0.4, -0.2) is 45.5 Å². The van der Waals surface area contributed by atoms with Crippen LogP contribution in [0.3, 0.4) is 0 Å². The smallest absolute Gasteiger partial charge is 0.184 e. The Morgan fingerprint density at radius 3 is 1.61 bits per heavy atom. The number of hydrogen-bond acceptors (Lipinski definition) is 1. The van der Waals surface area contributed by atoms with E-state index in [-0.39, 0.29) is 45.5 Å². The zero-order chi connectivity index (χ0) is 21.8. The first-order valence-electron chi connectivity index (χ1n) is 10.7. The minimum atomic E-state index is 0. The molecule has 0 fully saturated rings. The van der Waals surface area contributed by atoms with Gasteiger partial charge in [-0.1, -0.05) is 84.1 Å². The van der Waals surface area contributed by atoms with Crippen LogP contribution in [0.2, 0.25) is 0 Å². The third kappa shape index (κ3) is 8.66.